The number of nitrogens with two attached hydrogens (primary N) is 1. The molecule has 1 aromatic carbocycles. The van der Waals surface area contributed by atoms with E-state index in [0.717, 1.165) is 5.56 Å². The molecule has 0 radical (unpaired) electrons. The topological polar surface area (TPSA) is 99.8 Å². The van der Waals surface area contributed by atoms with E-state index in [1.54, 1.807) is 30.3 Å². The molecule has 100 valence electrons. The minimum Gasteiger partial charge on any atom is -0.399 e. The molecule has 7 heteroatoms. The fourth-order valence-corrected chi connectivity index (χ4v) is 1.70. The van der Waals surface area contributed by atoms with Gasteiger partial charge in [0.1, 0.15) is 6.54 Å². The van der Waals surface area contributed by atoms with Crippen LogP contribution in [0.5, 0.6) is 0 Å². The Morgan fingerprint density at radius 2 is 2.00 bits per heavy atom. The summed E-state index contributed by atoms with van der Waals surface area (Å²) in [5.74, 6) is 0.765. The average molecular weight is 269 g/mol. The van der Waals surface area contributed by atoms with Crippen molar-refractivity contribution in [1.29, 1.82) is 0 Å². The second-order valence-electron chi connectivity index (χ2n) is 4.15. The van der Waals surface area contributed by atoms with E-state index in [2.05, 4.69) is 15.2 Å². The second-order valence-corrected chi connectivity index (χ2v) is 4.15. The minimum absolute atomic E-state index is 0.141. The van der Waals surface area contributed by atoms with Crippen molar-refractivity contribution in [1.82, 2.24) is 19.9 Å². The van der Waals surface area contributed by atoms with Crippen LogP contribution in [0.25, 0.3) is 11.4 Å². The van der Waals surface area contributed by atoms with Crippen LogP contribution < -0.4 is 11.3 Å². The Hall–Kier alpha value is -2.96. The number of anilines is 1. The van der Waals surface area contributed by atoms with Crippen LogP contribution in [0.1, 0.15) is 5.89 Å². The molecule has 0 aliphatic rings. The first-order valence-electron chi connectivity index (χ1n) is 5.93. The van der Waals surface area contributed by atoms with Gasteiger partial charge in [0.15, 0.2) is 0 Å². The van der Waals surface area contributed by atoms with Crippen molar-refractivity contribution in [2.24, 2.45) is 0 Å². The monoisotopic (exact) mass is 269 g/mol. The zero-order valence-corrected chi connectivity index (χ0v) is 10.4. The van der Waals surface area contributed by atoms with Crippen molar-refractivity contribution in [3.05, 3.63) is 58.8 Å². The Kier molecular flexibility index (Phi) is 3.00. The van der Waals surface area contributed by atoms with Gasteiger partial charge in [0.25, 0.3) is 5.56 Å². The molecule has 0 amide bonds. The van der Waals surface area contributed by atoms with Crippen molar-refractivity contribution >= 4 is 5.69 Å². The maximum absolute atomic E-state index is 11.5. The van der Waals surface area contributed by atoms with Crippen molar-refractivity contribution in [2.75, 3.05) is 5.73 Å². The molecule has 0 spiro atoms. The second kappa shape index (κ2) is 4.96. The summed E-state index contributed by atoms with van der Waals surface area (Å²) in [6.45, 7) is 0.141. The largest absolute Gasteiger partial charge is 0.399 e. The predicted molar refractivity (Wildman–Crippen MR) is 71.7 cm³/mol. The van der Waals surface area contributed by atoms with Gasteiger partial charge in [0, 0.05) is 23.5 Å². The van der Waals surface area contributed by atoms with Crippen molar-refractivity contribution in [3.8, 4) is 11.4 Å². The Bertz CT molecular complexity index is 776. The van der Waals surface area contributed by atoms with E-state index in [0.29, 0.717) is 17.4 Å². The van der Waals surface area contributed by atoms with Crippen LogP contribution in [0, 0.1) is 0 Å². The van der Waals surface area contributed by atoms with E-state index >= 15 is 0 Å². The van der Waals surface area contributed by atoms with Crippen LogP contribution in [-0.4, -0.2) is 19.9 Å². The van der Waals surface area contributed by atoms with Gasteiger partial charge in [0.05, 0.1) is 0 Å². The molecule has 7 nitrogen and oxygen atoms in total. The molecule has 0 saturated heterocycles. The average Bonchev–Trinajstić information content (AvgIpc) is 2.91. The number of nitrogen functional groups attached to an aromatic ring is 1. The molecule has 0 fully saturated rings. The van der Waals surface area contributed by atoms with Crippen molar-refractivity contribution in [2.45, 2.75) is 6.54 Å². The van der Waals surface area contributed by atoms with Crippen LogP contribution in [0.2, 0.25) is 0 Å². The van der Waals surface area contributed by atoms with Crippen molar-refractivity contribution < 1.29 is 4.52 Å². The summed E-state index contributed by atoms with van der Waals surface area (Å²) in [6.07, 6.45) is 1.53. The van der Waals surface area contributed by atoms with Crippen LogP contribution in [0.15, 0.2) is 51.9 Å². The zero-order valence-electron chi connectivity index (χ0n) is 10.4. The van der Waals surface area contributed by atoms with Crippen molar-refractivity contribution in [3.63, 3.8) is 0 Å². The van der Waals surface area contributed by atoms with E-state index in [9.17, 15) is 4.79 Å². The highest BCUT2D eigenvalue weighted by Crippen LogP contribution is 2.17. The van der Waals surface area contributed by atoms with E-state index in [1.807, 2.05) is 0 Å². The highest BCUT2D eigenvalue weighted by molar-refractivity contribution is 5.57. The number of hydrogen-bond acceptors (Lipinski definition) is 6. The third-order valence-corrected chi connectivity index (χ3v) is 2.71. The molecule has 0 saturated carbocycles. The number of rotatable bonds is 3. The summed E-state index contributed by atoms with van der Waals surface area (Å²) in [4.78, 5) is 15.8. The van der Waals surface area contributed by atoms with Gasteiger partial charge in [-0.15, -0.1) is 0 Å². The highest BCUT2D eigenvalue weighted by atomic mass is 16.5. The SMILES string of the molecule is Nc1ccc(-c2noc(Cn3ncccc3=O)n2)cc1. The summed E-state index contributed by atoms with van der Waals surface area (Å²) in [6, 6.07) is 10.1. The number of aromatic nitrogens is 4. The summed E-state index contributed by atoms with van der Waals surface area (Å²) < 4.78 is 6.37. The molecule has 2 N–H and O–H groups in total. The Morgan fingerprint density at radius 1 is 1.20 bits per heavy atom. The lowest BCUT2D eigenvalue weighted by atomic mass is 10.2. The van der Waals surface area contributed by atoms with Gasteiger partial charge in [0.2, 0.25) is 11.7 Å². The van der Waals surface area contributed by atoms with Gasteiger partial charge in [-0.05, 0) is 30.3 Å². The van der Waals surface area contributed by atoms with Crippen LogP contribution in [0.4, 0.5) is 5.69 Å². The van der Waals surface area contributed by atoms with Gasteiger partial charge < -0.3 is 10.3 Å². The lowest BCUT2D eigenvalue weighted by Crippen LogP contribution is -2.21. The molecule has 2 aromatic heterocycles. The lowest BCUT2D eigenvalue weighted by molar-refractivity contribution is 0.363. The lowest BCUT2D eigenvalue weighted by Gasteiger charge is -1.97. The Morgan fingerprint density at radius 3 is 2.75 bits per heavy atom. The minimum atomic E-state index is -0.222. The maximum Gasteiger partial charge on any atom is 0.267 e. The smallest absolute Gasteiger partial charge is 0.267 e. The fraction of sp³-hybridized carbons (Fsp3) is 0.0769. The Labute approximate surface area is 113 Å². The standard InChI is InChI=1S/C13H11N5O2/c14-10-5-3-9(4-6-10)13-16-11(20-17-13)8-18-12(19)2-1-7-15-18/h1-7H,8,14H2. The normalized spacial score (nSPS) is 10.6. The molecule has 3 aromatic rings. The molecule has 0 bridgehead atoms. The van der Waals surface area contributed by atoms with Crippen LogP contribution >= 0.6 is 0 Å². The van der Waals surface area contributed by atoms with Gasteiger partial charge in [-0.2, -0.15) is 10.1 Å². The van der Waals surface area contributed by atoms with E-state index < -0.39 is 0 Å². The number of nitrogens with zero attached hydrogens (tertiary/aromatic N) is 4. The third kappa shape index (κ3) is 2.41. The summed E-state index contributed by atoms with van der Waals surface area (Å²) in [5.41, 5.74) is 6.85. The van der Waals surface area contributed by atoms with E-state index in [4.69, 9.17) is 10.3 Å². The molecule has 0 unspecified atom stereocenters. The van der Waals surface area contributed by atoms with Gasteiger partial charge >= 0.3 is 0 Å². The zero-order chi connectivity index (χ0) is 13.9. The fourth-order valence-electron chi connectivity index (χ4n) is 1.70. The maximum atomic E-state index is 11.5. The summed E-state index contributed by atoms with van der Waals surface area (Å²) in [7, 11) is 0. The highest BCUT2D eigenvalue weighted by Gasteiger charge is 2.09. The van der Waals surface area contributed by atoms with Crippen LogP contribution in [-0.2, 0) is 6.54 Å². The molecule has 0 aliphatic carbocycles. The molecule has 3 rings (SSSR count). The molecular weight excluding hydrogens is 258 g/mol. The van der Waals surface area contributed by atoms with Gasteiger partial charge in [-0.1, -0.05) is 5.16 Å². The molecule has 0 aliphatic heterocycles. The van der Waals surface area contributed by atoms with E-state index in [-0.39, 0.29) is 12.1 Å². The Balaban J connectivity index is 1.86. The van der Waals surface area contributed by atoms with Crippen LogP contribution in [0.3, 0.4) is 0 Å². The first-order chi connectivity index (χ1) is 9.72. The molecular formula is C13H11N5O2. The quantitative estimate of drug-likeness (QED) is 0.710. The summed E-state index contributed by atoms with van der Waals surface area (Å²) in [5, 5.41) is 7.80. The summed E-state index contributed by atoms with van der Waals surface area (Å²) >= 11 is 0. The van der Waals surface area contributed by atoms with E-state index in [1.165, 1.54) is 16.9 Å². The number of hydrogen-bond donors (Lipinski definition) is 1. The third-order valence-electron chi connectivity index (χ3n) is 2.71. The van der Waals surface area contributed by atoms with Gasteiger partial charge in [-0.25, -0.2) is 4.68 Å². The molecule has 2 heterocycles. The first kappa shape index (κ1) is 12.1. The first-order valence-corrected chi connectivity index (χ1v) is 5.93. The number of benzene rings is 1. The predicted octanol–water partition coefficient (Wildman–Crippen LogP) is 0.924. The molecule has 0 atom stereocenters. The molecule has 20 heavy (non-hydrogen) atoms. The van der Waals surface area contributed by atoms with Gasteiger partial charge in [-0.3, -0.25) is 4.79 Å².